The molecule has 0 bridgehead atoms. The van der Waals surface area contributed by atoms with Crippen molar-refractivity contribution in [3.63, 3.8) is 0 Å². The van der Waals surface area contributed by atoms with Crippen LogP contribution in [0.1, 0.15) is 184 Å². The highest BCUT2D eigenvalue weighted by Gasteiger charge is 2.40. The summed E-state index contributed by atoms with van der Waals surface area (Å²) in [7, 11) is 1.74. The Morgan fingerprint density at radius 1 is 0.805 bits per heavy atom. The van der Waals surface area contributed by atoms with Crippen molar-refractivity contribution in [2.75, 3.05) is 51.7 Å². The molecule has 2 aliphatic carbocycles. The smallest absolute Gasteiger partial charge is 0.254 e. The first kappa shape index (κ1) is 58.1. The molecular formula is C62H79FN12O6S. The zero-order chi connectivity index (χ0) is 57.0. The number of likely N-dealkylation sites (tertiary alicyclic amines) is 1. The number of fused-ring (bicyclic) bond motifs is 1. The monoisotopic (exact) mass is 1140 g/mol. The molecule has 3 atom stereocenters. The predicted octanol–water partition coefficient (Wildman–Crippen LogP) is 10.6. The molecule has 18 nitrogen and oxygen atoms in total. The SMILES string of the molecule is CN[C@@H](C)C(=O)N[C@H](C(=O)N1CCC[C@H]1c1nc(C(=O)c2cccc(OCCCCCCCCCCCCC(=O)N3CCN(C(=O)c4ccc(Nc5nc(C6CC6)cn6c(-c7cn[nH]c7)cnc56)c(F)c4)CC3)c2)cs1)C1CCCCC1. The molecule has 4 fully saturated rings. The van der Waals surface area contributed by atoms with E-state index in [-0.39, 0.29) is 52.6 Å². The van der Waals surface area contributed by atoms with Gasteiger partial charge < -0.3 is 35.4 Å². The summed E-state index contributed by atoms with van der Waals surface area (Å²) < 4.78 is 23.7. The maximum absolute atomic E-state index is 15.7. The van der Waals surface area contributed by atoms with Crippen molar-refractivity contribution >= 4 is 57.9 Å². The molecular weight excluding hydrogens is 1060 g/mol. The van der Waals surface area contributed by atoms with E-state index in [9.17, 15) is 24.0 Å². The Balaban J connectivity index is 0.574. The van der Waals surface area contributed by atoms with Crippen LogP contribution < -0.4 is 20.7 Å². The fraction of sp³-hybridized carbons (Fsp3) is 0.532. The van der Waals surface area contributed by atoms with Crippen LogP contribution in [-0.2, 0) is 14.4 Å². The fourth-order valence-electron chi connectivity index (χ4n) is 11.8. The number of aromatic amines is 1. The largest absolute Gasteiger partial charge is 0.494 e. The van der Waals surface area contributed by atoms with Gasteiger partial charge in [-0.3, -0.25) is 33.5 Å². The number of piperazine rings is 1. The Kier molecular flexibility index (Phi) is 19.7. The summed E-state index contributed by atoms with van der Waals surface area (Å²) in [6, 6.07) is 10.5. The van der Waals surface area contributed by atoms with Gasteiger partial charge >= 0.3 is 0 Å². The molecule has 2 aliphatic heterocycles. The number of carbonyl (C=O) groups is 5. The Morgan fingerprint density at radius 3 is 2.27 bits per heavy atom. The van der Waals surface area contributed by atoms with Gasteiger partial charge in [-0.1, -0.05) is 82.8 Å². The first-order valence-corrected chi connectivity index (χ1v) is 30.9. The Hall–Kier alpha value is -7.06. The minimum atomic E-state index is -0.573. The van der Waals surface area contributed by atoms with E-state index in [4.69, 9.17) is 14.7 Å². The first-order chi connectivity index (χ1) is 40.0. The summed E-state index contributed by atoms with van der Waals surface area (Å²) in [6.07, 6.45) is 27.4. The van der Waals surface area contributed by atoms with E-state index < -0.39 is 17.9 Å². The highest BCUT2D eigenvalue weighted by molar-refractivity contribution is 7.10. The number of halogens is 1. The van der Waals surface area contributed by atoms with Gasteiger partial charge in [0.15, 0.2) is 11.5 Å². The zero-order valence-electron chi connectivity index (χ0n) is 47.5. The fourth-order valence-corrected chi connectivity index (χ4v) is 12.7. The quantitative estimate of drug-likeness (QED) is 0.0280. The summed E-state index contributed by atoms with van der Waals surface area (Å²) in [5.41, 5.74) is 4.53. The van der Waals surface area contributed by atoms with E-state index in [1.54, 1.807) is 67.1 Å². The van der Waals surface area contributed by atoms with Crippen LogP contribution in [0.2, 0.25) is 0 Å². The number of aromatic nitrogens is 6. The minimum absolute atomic E-state index is 0.0469. The standard InChI is InChI=1S/C62H79FN12O6S/c1-41(64-2)59(78)71-55(43-18-12-11-13-19-43)62(80)74-28-17-22-52(74)60-70-51(40-82-60)56(77)44-20-16-21-47(34-44)81-33-15-10-8-6-4-3-5-7-9-14-23-54(76)72-29-31-73(32-30-72)61(79)45-26-27-49(48(63)35-45)68-57-58-65-38-53(46-36-66-67-37-46)75(58)39-50(69-57)42-24-25-42/h16,20-21,26-27,34-43,52,55,64H,3-15,17-19,22-25,28-33H2,1-2H3,(H,66,67)(H,68,69)(H,71,78)/t41-,52-,55-/m0/s1. The number of thiazole rings is 1. The number of imidazole rings is 1. The number of nitrogens with zero attached hydrogens (tertiary/aromatic N) is 8. The highest BCUT2D eigenvalue weighted by atomic mass is 32.1. The summed E-state index contributed by atoms with van der Waals surface area (Å²) in [6.45, 7) is 4.69. The van der Waals surface area contributed by atoms with Crippen molar-refractivity contribution in [1.29, 1.82) is 0 Å². The van der Waals surface area contributed by atoms with E-state index in [1.165, 1.54) is 36.7 Å². The van der Waals surface area contributed by atoms with Crippen LogP contribution in [0.15, 0.2) is 72.6 Å². The van der Waals surface area contributed by atoms with E-state index in [2.05, 4.69) is 31.1 Å². The number of ether oxygens (including phenoxy) is 1. The number of nitrogens with one attached hydrogen (secondary N) is 4. The van der Waals surface area contributed by atoms with Crippen molar-refractivity contribution in [2.45, 2.75) is 159 Å². The molecule has 4 N–H and O–H groups in total. The van der Waals surface area contributed by atoms with E-state index in [1.807, 2.05) is 32.5 Å². The van der Waals surface area contributed by atoms with Gasteiger partial charge in [-0.25, -0.2) is 19.3 Å². The first-order valence-electron chi connectivity index (χ1n) is 30.0. The number of unbranched alkanes of at least 4 members (excludes halogenated alkanes) is 9. The molecule has 2 saturated carbocycles. The number of amides is 4. The molecule has 20 heteroatoms. The third-order valence-corrected chi connectivity index (χ3v) is 17.9. The van der Waals surface area contributed by atoms with Crippen LogP contribution in [-0.4, -0.2) is 132 Å². The van der Waals surface area contributed by atoms with Crippen LogP contribution in [0, 0.1) is 11.7 Å². The highest BCUT2D eigenvalue weighted by Crippen LogP contribution is 2.41. The summed E-state index contributed by atoms with van der Waals surface area (Å²) in [5, 5.41) is 18.7. The molecule has 0 radical (unpaired) electrons. The molecule has 436 valence electrons. The Bertz CT molecular complexity index is 3150. The molecule has 4 aliphatic rings. The van der Waals surface area contributed by atoms with E-state index in [0.29, 0.717) is 80.1 Å². The molecule has 82 heavy (non-hydrogen) atoms. The number of benzene rings is 2. The maximum Gasteiger partial charge on any atom is 0.254 e. The molecule has 4 aromatic heterocycles. The van der Waals surface area contributed by atoms with Gasteiger partial charge in [-0.05, 0) is 102 Å². The number of ketones is 1. The van der Waals surface area contributed by atoms with Crippen molar-refractivity contribution < 1.29 is 33.1 Å². The lowest BCUT2D eigenvalue weighted by molar-refractivity contribution is -0.139. The van der Waals surface area contributed by atoms with Crippen molar-refractivity contribution in [3.8, 4) is 17.0 Å². The molecule has 6 heterocycles. The molecule has 2 aromatic carbocycles. The van der Waals surface area contributed by atoms with Crippen LogP contribution in [0.4, 0.5) is 15.9 Å². The summed E-state index contributed by atoms with van der Waals surface area (Å²) in [4.78, 5) is 87.2. The topological polar surface area (TPSA) is 212 Å². The normalized spacial score (nSPS) is 17.5. The molecule has 10 rings (SSSR count). The average molecular weight is 1140 g/mol. The summed E-state index contributed by atoms with van der Waals surface area (Å²) in [5.74, 6) is 0.455. The van der Waals surface area contributed by atoms with Crippen LogP contribution in [0.3, 0.4) is 0 Å². The van der Waals surface area contributed by atoms with E-state index >= 15 is 4.39 Å². The van der Waals surface area contributed by atoms with Crippen LogP contribution in [0.5, 0.6) is 5.75 Å². The number of hydrogen-bond acceptors (Lipinski definition) is 13. The third-order valence-electron chi connectivity index (χ3n) is 16.9. The Labute approximate surface area is 483 Å². The molecule has 0 unspecified atom stereocenters. The van der Waals surface area contributed by atoms with Gasteiger partial charge in [0.2, 0.25) is 23.5 Å². The number of likely N-dealkylation sites (N-methyl/N-ethyl adjacent to an activating group) is 1. The maximum atomic E-state index is 15.7. The number of carbonyl (C=O) groups excluding carboxylic acids is 5. The predicted molar refractivity (Wildman–Crippen MR) is 314 cm³/mol. The van der Waals surface area contributed by atoms with Gasteiger partial charge in [0, 0.05) is 79.5 Å². The second-order valence-electron chi connectivity index (χ2n) is 22.8. The lowest BCUT2D eigenvalue weighted by Gasteiger charge is -2.35. The van der Waals surface area contributed by atoms with Crippen molar-refractivity contribution in [3.05, 3.63) is 106 Å². The van der Waals surface area contributed by atoms with Crippen molar-refractivity contribution in [2.24, 2.45) is 5.92 Å². The number of rotatable bonds is 27. The molecule has 2 saturated heterocycles. The Morgan fingerprint density at radius 2 is 1.55 bits per heavy atom. The number of anilines is 2. The van der Waals surface area contributed by atoms with Gasteiger partial charge in [-0.2, -0.15) is 5.10 Å². The van der Waals surface area contributed by atoms with Crippen LogP contribution in [0.25, 0.3) is 16.9 Å². The third kappa shape index (κ3) is 14.4. The lowest BCUT2D eigenvalue weighted by atomic mass is 9.83. The molecule has 4 amide bonds. The average Bonchev–Trinajstić information content (AvgIpc) is 4.04. The number of H-pyrrole nitrogens is 1. The lowest BCUT2D eigenvalue weighted by Crippen LogP contribution is -2.55. The summed E-state index contributed by atoms with van der Waals surface area (Å²) >= 11 is 1.42. The second-order valence-corrected chi connectivity index (χ2v) is 23.6. The zero-order valence-corrected chi connectivity index (χ0v) is 48.3. The van der Waals surface area contributed by atoms with Gasteiger partial charge in [-0.15, -0.1) is 11.3 Å². The minimum Gasteiger partial charge on any atom is -0.494 e. The van der Waals surface area contributed by atoms with Crippen LogP contribution >= 0.6 is 11.3 Å². The van der Waals surface area contributed by atoms with E-state index in [0.717, 1.165) is 125 Å². The van der Waals surface area contributed by atoms with Gasteiger partial charge in [0.25, 0.3) is 5.91 Å². The van der Waals surface area contributed by atoms with Gasteiger partial charge in [0.05, 0.1) is 48.2 Å². The van der Waals surface area contributed by atoms with Gasteiger partial charge in [0.1, 0.15) is 28.3 Å². The molecule has 0 spiro atoms. The van der Waals surface area contributed by atoms with Crippen molar-refractivity contribution in [1.82, 2.24) is 54.9 Å². The number of hydrogen-bond donors (Lipinski definition) is 4. The second kappa shape index (κ2) is 27.8. The molecule has 6 aromatic rings.